The van der Waals surface area contributed by atoms with Gasteiger partial charge in [0.25, 0.3) is 5.89 Å². The van der Waals surface area contributed by atoms with E-state index in [9.17, 15) is 0 Å². The van der Waals surface area contributed by atoms with Gasteiger partial charge in [0.2, 0.25) is 5.89 Å². The molecule has 0 N–H and O–H groups in total. The lowest BCUT2D eigenvalue weighted by Gasteiger charge is -2.18. The van der Waals surface area contributed by atoms with Gasteiger partial charge in [0.1, 0.15) is 33.2 Å². The number of hydrogen-bond donors (Lipinski definition) is 0. The molecule has 0 saturated heterocycles. The molecule has 0 amide bonds. The van der Waals surface area contributed by atoms with Crippen molar-refractivity contribution in [1.82, 2.24) is 25.3 Å². The number of rotatable bonds is 5. The van der Waals surface area contributed by atoms with Crippen LogP contribution in [0.2, 0.25) is 0 Å². The summed E-state index contributed by atoms with van der Waals surface area (Å²) in [5, 5.41) is 15.0. The smallest absolute Gasteiger partial charge is 0.253 e. The Morgan fingerprint density at radius 2 is 2.03 bits per heavy atom. The van der Waals surface area contributed by atoms with Crippen molar-refractivity contribution in [2.75, 3.05) is 0 Å². The third kappa shape index (κ3) is 3.75. The Bertz CT molecular complexity index is 1440. The number of benzene rings is 1. The van der Waals surface area contributed by atoms with Crippen molar-refractivity contribution in [3.05, 3.63) is 58.8 Å². The van der Waals surface area contributed by atoms with Crippen LogP contribution in [0.25, 0.3) is 32.9 Å². The van der Waals surface area contributed by atoms with Crippen LogP contribution in [0.1, 0.15) is 35.4 Å². The molecule has 0 bridgehead atoms. The molecule has 4 heterocycles. The van der Waals surface area contributed by atoms with Gasteiger partial charge < -0.3 is 8.94 Å². The van der Waals surface area contributed by atoms with Crippen LogP contribution in [0.4, 0.5) is 0 Å². The van der Waals surface area contributed by atoms with Crippen molar-refractivity contribution in [3.8, 4) is 22.7 Å². The first-order valence-corrected chi connectivity index (χ1v) is 12.7. The zero-order chi connectivity index (χ0) is 22.4. The van der Waals surface area contributed by atoms with Crippen molar-refractivity contribution in [2.45, 2.75) is 43.9 Å². The molecule has 1 aliphatic carbocycles. The second kappa shape index (κ2) is 8.39. The Kier molecular flexibility index (Phi) is 5.22. The average Bonchev–Trinajstić information content (AvgIpc) is 3.54. The van der Waals surface area contributed by atoms with Gasteiger partial charge in [-0.05, 0) is 37.7 Å². The van der Waals surface area contributed by atoms with Gasteiger partial charge in [-0.3, -0.25) is 0 Å². The third-order valence-electron chi connectivity index (χ3n) is 5.98. The molecule has 33 heavy (non-hydrogen) atoms. The number of fused-ring (bicyclic) bond motifs is 3. The molecule has 0 spiro atoms. The summed E-state index contributed by atoms with van der Waals surface area (Å²) in [6.45, 7) is 4.17. The summed E-state index contributed by atoms with van der Waals surface area (Å²) < 4.78 is 11.5. The van der Waals surface area contributed by atoms with E-state index in [1.807, 2.05) is 48.6 Å². The topological polar surface area (TPSA) is 90.7 Å². The van der Waals surface area contributed by atoms with Gasteiger partial charge in [-0.1, -0.05) is 54.2 Å². The maximum absolute atomic E-state index is 6.03. The minimum absolute atomic E-state index is 0.415. The maximum Gasteiger partial charge on any atom is 0.253 e. The number of aryl methyl sites for hydroxylation is 2. The second-order valence-corrected chi connectivity index (χ2v) is 10.4. The summed E-state index contributed by atoms with van der Waals surface area (Å²) >= 11 is 3.43. The zero-order valence-corrected chi connectivity index (χ0v) is 19.9. The fraction of sp³-hybridized carbons (Fsp3) is 0.292. The van der Waals surface area contributed by atoms with Gasteiger partial charge >= 0.3 is 0 Å². The van der Waals surface area contributed by atoms with E-state index in [4.69, 9.17) is 8.94 Å². The third-order valence-corrected chi connectivity index (χ3v) is 8.12. The standard InChI is InChI=1S/C24H21N5O2S2/c1-13-8-9-16-17(10-13)33-24-20(16)23(25-12-26-24)32-11-18-27-28-22(30-18)19-14(2)31-29-21(19)15-6-4-3-5-7-15/h3-7,12-13H,8-11H2,1-2H3. The van der Waals surface area contributed by atoms with E-state index in [0.717, 1.165) is 39.7 Å². The number of thioether (sulfide) groups is 1. The van der Waals surface area contributed by atoms with Crippen LogP contribution >= 0.6 is 23.1 Å². The van der Waals surface area contributed by atoms with Crippen molar-refractivity contribution < 1.29 is 8.94 Å². The van der Waals surface area contributed by atoms with Crippen LogP contribution in [0, 0.1) is 12.8 Å². The molecule has 0 aliphatic heterocycles. The minimum Gasteiger partial charge on any atom is -0.420 e. The molecular formula is C24H21N5O2S2. The fourth-order valence-electron chi connectivity index (χ4n) is 4.32. The van der Waals surface area contributed by atoms with Crippen molar-refractivity contribution in [1.29, 1.82) is 0 Å². The van der Waals surface area contributed by atoms with Gasteiger partial charge in [-0.2, -0.15) is 0 Å². The molecule has 1 aliphatic rings. The highest BCUT2D eigenvalue weighted by molar-refractivity contribution is 7.98. The van der Waals surface area contributed by atoms with Gasteiger partial charge in [-0.15, -0.1) is 21.5 Å². The van der Waals surface area contributed by atoms with Gasteiger partial charge in [-0.25, -0.2) is 9.97 Å². The predicted octanol–water partition coefficient (Wildman–Crippen LogP) is 6.12. The lowest BCUT2D eigenvalue weighted by molar-refractivity contribution is 0.399. The van der Waals surface area contributed by atoms with Crippen molar-refractivity contribution >= 4 is 33.3 Å². The molecule has 9 heteroatoms. The Morgan fingerprint density at radius 3 is 2.91 bits per heavy atom. The van der Waals surface area contributed by atoms with Crippen molar-refractivity contribution in [3.63, 3.8) is 0 Å². The number of aromatic nitrogens is 5. The van der Waals surface area contributed by atoms with Crippen LogP contribution in [-0.2, 0) is 18.6 Å². The highest BCUT2D eigenvalue weighted by Gasteiger charge is 2.24. The Hall–Kier alpha value is -3.04. The maximum atomic E-state index is 6.03. The van der Waals surface area contributed by atoms with E-state index < -0.39 is 0 Å². The second-order valence-electron chi connectivity index (χ2n) is 8.33. The van der Waals surface area contributed by atoms with Crippen LogP contribution in [0.3, 0.4) is 0 Å². The fourth-order valence-corrected chi connectivity index (χ4v) is 6.59. The van der Waals surface area contributed by atoms with Crippen LogP contribution in [0.5, 0.6) is 0 Å². The van der Waals surface area contributed by atoms with Crippen LogP contribution < -0.4 is 0 Å². The molecule has 0 radical (unpaired) electrons. The summed E-state index contributed by atoms with van der Waals surface area (Å²) in [4.78, 5) is 11.7. The van der Waals surface area contributed by atoms with E-state index in [0.29, 0.717) is 29.0 Å². The molecule has 166 valence electrons. The molecule has 1 atom stereocenters. The Morgan fingerprint density at radius 1 is 1.15 bits per heavy atom. The quantitative estimate of drug-likeness (QED) is 0.222. The molecule has 4 aromatic heterocycles. The molecule has 6 rings (SSSR count). The molecule has 5 aromatic rings. The predicted molar refractivity (Wildman–Crippen MR) is 128 cm³/mol. The Labute approximate surface area is 198 Å². The Balaban J connectivity index is 1.27. The summed E-state index contributed by atoms with van der Waals surface area (Å²) in [5.74, 6) is 2.86. The summed E-state index contributed by atoms with van der Waals surface area (Å²) in [6, 6.07) is 9.86. The SMILES string of the molecule is Cc1onc(-c2ccccc2)c1-c1nnc(CSc2ncnc3sc4c(c23)CCC(C)C4)o1. The van der Waals surface area contributed by atoms with Gasteiger partial charge in [0.05, 0.1) is 5.75 Å². The van der Waals surface area contributed by atoms with E-state index in [2.05, 4.69) is 32.2 Å². The molecule has 7 nitrogen and oxygen atoms in total. The van der Waals surface area contributed by atoms with E-state index >= 15 is 0 Å². The van der Waals surface area contributed by atoms with Crippen molar-refractivity contribution in [2.24, 2.45) is 5.92 Å². The largest absolute Gasteiger partial charge is 0.420 e. The van der Waals surface area contributed by atoms with Gasteiger partial charge in [0, 0.05) is 15.8 Å². The lowest BCUT2D eigenvalue weighted by atomic mass is 9.89. The van der Waals surface area contributed by atoms with Crippen LogP contribution in [-0.4, -0.2) is 25.3 Å². The monoisotopic (exact) mass is 475 g/mol. The number of thiophene rings is 1. The molecular weight excluding hydrogens is 454 g/mol. The van der Waals surface area contributed by atoms with E-state index in [1.54, 1.807) is 18.1 Å². The highest BCUT2D eigenvalue weighted by Crippen LogP contribution is 2.41. The molecule has 0 saturated carbocycles. The molecule has 1 aromatic carbocycles. The first-order chi connectivity index (χ1) is 16.2. The molecule has 0 fully saturated rings. The molecule has 1 unspecified atom stereocenters. The summed E-state index contributed by atoms with van der Waals surface area (Å²) in [5.41, 5.74) is 3.80. The number of nitrogens with zero attached hydrogens (tertiary/aromatic N) is 5. The lowest BCUT2D eigenvalue weighted by Crippen LogP contribution is -2.08. The minimum atomic E-state index is 0.415. The summed E-state index contributed by atoms with van der Waals surface area (Å²) in [7, 11) is 0. The zero-order valence-electron chi connectivity index (χ0n) is 18.2. The average molecular weight is 476 g/mol. The van der Waals surface area contributed by atoms with Crippen LogP contribution in [0.15, 0.2) is 50.6 Å². The number of hydrogen-bond acceptors (Lipinski definition) is 9. The first kappa shape index (κ1) is 20.6. The first-order valence-electron chi connectivity index (χ1n) is 10.9. The van der Waals surface area contributed by atoms with Gasteiger partial charge in [0.15, 0.2) is 0 Å². The van der Waals surface area contributed by atoms with E-state index in [-0.39, 0.29) is 0 Å². The highest BCUT2D eigenvalue weighted by atomic mass is 32.2. The summed E-state index contributed by atoms with van der Waals surface area (Å²) in [6.07, 6.45) is 5.10. The normalized spacial score (nSPS) is 15.8. The van der Waals surface area contributed by atoms with E-state index in [1.165, 1.54) is 22.2 Å².